The number of carbonyl (C=O) groups is 1. The Kier molecular flexibility index (Phi) is 4.17. The largest absolute Gasteiger partial charge is 0.444 e. The van der Waals surface area contributed by atoms with E-state index in [1.807, 2.05) is 37.8 Å². The molecule has 0 saturated carbocycles. The lowest BCUT2D eigenvalue weighted by Crippen LogP contribution is -2.43. The second-order valence-corrected chi connectivity index (χ2v) is 6.31. The molecule has 0 radical (unpaired) electrons. The van der Waals surface area contributed by atoms with Crippen LogP contribution < -0.4 is 0 Å². The molecule has 2 rings (SSSR count). The standard InChI is InChI=1S/C15H24N2O2/c1-15(2,3)19-14(18)17-10-6-7-13(12-17)11-16-8-4-5-9-16/h4-5,8-9,13H,6-7,10-12H2,1-3H3. The van der Waals surface area contributed by atoms with Crippen molar-refractivity contribution in [3.8, 4) is 0 Å². The average molecular weight is 264 g/mol. The van der Waals surface area contributed by atoms with Crippen LogP contribution >= 0.6 is 0 Å². The Bertz CT molecular complexity index is 406. The van der Waals surface area contributed by atoms with Gasteiger partial charge in [0.1, 0.15) is 5.60 Å². The van der Waals surface area contributed by atoms with Crippen molar-refractivity contribution in [1.29, 1.82) is 0 Å². The highest BCUT2D eigenvalue weighted by molar-refractivity contribution is 5.68. The molecule has 4 nitrogen and oxygen atoms in total. The Morgan fingerprint density at radius 2 is 2.00 bits per heavy atom. The van der Waals surface area contributed by atoms with Gasteiger partial charge in [-0.3, -0.25) is 0 Å². The van der Waals surface area contributed by atoms with E-state index < -0.39 is 5.60 Å². The van der Waals surface area contributed by atoms with Gasteiger partial charge in [-0.05, 0) is 51.7 Å². The third-order valence-corrected chi connectivity index (χ3v) is 3.31. The van der Waals surface area contributed by atoms with Gasteiger partial charge in [0, 0.05) is 32.0 Å². The highest BCUT2D eigenvalue weighted by atomic mass is 16.6. The molecule has 0 N–H and O–H groups in total. The summed E-state index contributed by atoms with van der Waals surface area (Å²) in [4.78, 5) is 13.9. The summed E-state index contributed by atoms with van der Waals surface area (Å²) in [5, 5.41) is 0. The number of likely N-dealkylation sites (tertiary alicyclic amines) is 1. The van der Waals surface area contributed by atoms with Crippen LogP contribution in [0, 0.1) is 5.92 Å². The fourth-order valence-electron chi connectivity index (χ4n) is 2.50. The van der Waals surface area contributed by atoms with Crippen LogP contribution in [-0.2, 0) is 11.3 Å². The maximum atomic E-state index is 12.1. The Hall–Kier alpha value is -1.45. The van der Waals surface area contributed by atoms with Gasteiger partial charge >= 0.3 is 6.09 Å². The Morgan fingerprint density at radius 1 is 1.32 bits per heavy atom. The molecule has 2 heterocycles. The summed E-state index contributed by atoms with van der Waals surface area (Å²) in [7, 11) is 0. The van der Waals surface area contributed by atoms with Gasteiger partial charge in [0.15, 0.2) is 0 Å². The maximum Gasteiger partial charge on any atom is 0.410 e. The van der Waals surface area contributed by atoms with Gasteiger partial charge in [-0.15, -0.1) is 0 Å². The molecule has 19 heavy (non-hydrogen) atoms. The van der Waals surface area contributed by atoms with Gasteiger partial charge in [-0.25, -0.2) is 4.79 Å². The Balaban J connectivity index is 1.88. The first-order chi connectivity index (χ1) is 8.94. The van der Waals surface area contributed by atoms with E-state index in [0.717, 1.165) is 26.1 Å². The summed E-state index contributed by atoms with van der Waals surface area (Å²) in [5.74, 6) is 0.522. The molecule has 1 unspecified atom stereocenters. The van der Waals surface area contributed by atoms with Crippen molar-refractivity contribution in [1.82, 2.24) is 9.47 Å². The number of hydrogen-bond acceptors (Lipinski definition) is 2. The van der Waals surface area contributed by atoms with Gasteiger partial charge in [-0.1, -0.05) is 0 Å². The van der Waals surface area contributed by atoms with Gasteiger partial charge < -0.3 is 14.2 Å². The molecular formula is C15H24N2O2. The molecule has 1 saturated heterocycles. The lowest BCUT2D eigenvalue weighted by atomic mass is 9.98. The molecule has 1 atom stereocenters. The van der Waals surface area contributed by atoms with Crippen LogP contribution in [0.15, 0.2) is 24.5 Å². The minimum absolute atomic E-state index is 0.176. The number of rotatable bonds is 2. The monoisotopic (exact) mass is 264 g/mol. The molecule has 0 aromatic carbocycles. The first-order valence-electron chi connectivity index (χ1n) is 7.03. The third kappa shape index (κ3) is 4.30. The molecule has 0 bridgehead atoms. The Morgan fingerprint density at radius 3 is 2.63 bits per heavy atom. The summed E-state index contributed by atoms with van der Waals surface area (Å²) < 4.78 is 7.62. The molecule has 1 aliphatic rings. The zero-order valence-electron chi connectivity index (χ0n) is 12.1. The van der Waals surface area contributed by atoms with E-state index >= 15 is 0 Å². The molecule has 0 aliphatic carbocycles. The van der Waals surface area contributed by atoms with Gasteiger partial charge in [0.2, 0.25) is 0 Å². The van der Waals surface area contributed by atoms with Crippen molar-refractivity contribution in [2.75, 3.05) is 13.1 Å². The highest BCUT2D eigenvalue weighted by Crippen LogP contribution is 2.20. The molecule has 0 spiro atoms. The lowest BCUT2D eigenvalue weighted by molar-refractivity contribution is 0.0157. The molecule has 1 amide bonds. The average Bonchev–Trinajstić information content (AvgIpc) is 2.80. The predicted molar refractivity (Wildman–Crippen MR) is 75.0 cm³/mol. The van der Waals surface area contributed by atoms with Crippen LogP contribution in [-0.4, -0.2) is 34.3 Å². The van der Waals surface area contributed by atoms with Crippen molar-refractivity contribution in [2.24, 2.45) is 5.92 Å². The topological polar surface area (TPSA) is 34.5 Å². The minimum atomic E-state index is -0.412. The molecule has 106 valence electrons. The Labute approximate surface area is 115 Å². The lowest BCUT2D eigenvalue weighted by Gasteiger charge is -2.34. The fraction of sp³-hybridized carbons (Fsp3) is 0.667. The first-order valence-corrected chi connectivity index (χ1v) is 7.03. The van der Waals surface area contributed by atoms with Crippen LogP contribution in [0.5, 0.6) is 0 Å². The number of hydrogen-bond donors (Lipinski definition) is 0. The van der Waals surface area contributed by atoms with Crippen molar-refractivity contribution < 1.29 is 9.53 Å². The molecule has 4 heteroatoms. The van der Waals surface area contributed by atoms with Crippen LogP contribution in [0.2, 0.25) is 0 Å². The molecule has 1 aliphatic heterocycles. The maximum absolute atomic E-state index is 12.1. The van der Waals surface area contributed by atoms with Crippen LogP contribution in [0.4, 0.5) is 4.79 Å². The number of ether oxygens (including phenoxy) is 1. The van der Waals surface area contributed by atoms with Crippen molar-refractivity contribution in [3.63, 3.8) is 0 Å². The van der Waals surface area contributed by atoms with E-state index in [2.05, 4.69) is 17.0 Å². The quantitative estimate of drug-likeness (QED) is 0.822. The van der Waals surface area contributed by atoms with Crippen molar-refractivity contribution in [3.05, 3.63) is 24.5 Å². The van der Waals surface area contributed by atoms with Gasteiger partial charge in [0.25, 0.3) is 0 Å². The third-order valence-electron chi connectivity index (χ3n) is 3.31. The second kappa shape index (κ2) is 5.68. The summed E-state index contributed by atoms with van der Waals surface area (Å²) in [6.07, 6.45) is 6.21. The van der Waals surface area contributed by atoms with E-state index in [4.69, 9.17) is 4.74 Å². The summed E-state index contributed by atoms with van der Waals surface area (Å²) in [6.45, 7) is 8.32. The number of piperidine rings is 1. The van der Waals surface area contributed by atoms with Crippen LogP contribution in [0.1, 0.15) is 33.6 Å². The zero-order chi connectivity index (χ0) is 13.9. The van der Waals surface area contributed by atoms with Gasteiger partial charge in [0.05, 0.1) is 0 Å². The smallest absolute Gasteiger partial charge is 0.410 e. The van der Waals surface area contributed by atoms with E-state index in [1.165, 1.54) is 6.42 Å². The van der Waals surface area contributed by atoms with Crippen molar-refractivity contribution in [2.45, 2.75) is 45.8 Å². The molecule has 1 aromatic rings. The molecular weight excluding hydrogens is 240 g/mol. The summed E-state index contributed by atoms with van der Waals surface area (Å²) >= 11 is 0. The van der Waals surface area contributed by atoms with E-state index in [1.54, 1.807) is 0 Å². The fourth-order valence-corrected chi connectivity index (χ4v) is 2.50. The zero-order valence-corrected chi connectivity index (χ0v) is 12.1. The summed E-state index contributed by atoms with van der Waals surface area (Å²) in [5.41, 5.74) is -0.412. The number of carbonyl (C=O) groups excluding carboxylic acids is 1. The summed E-state index contributed by atoms with van der Waals surface area (Å²) in [6, 6.07) is 4.07. The van der Waals surface area contributed by atoms with E-state index in [9.17, 15) is 4.79 Å². The van der Waals surface area contributed by atoms with Crippen LogP contribution in [0.3, 0.4) is 0 Å². The van der Waals surface area contributed by atoms with E-state index in [0.29, 0.717) is 5.92 Å². The van der Waals surface area contributed by atoms with Crippen LogP contribution in [0.25, 0.3) is 0 Å². The number of amides is 1. The molecule has 1 fully saturated rings. The SMILES string of the molecule is CC(C)(C)OC(=O)N1CCCC(Cn2cccc2)C1. The number of aromatic nitrogens is 1. The normalized spacial score (nSPS) is 20.4. The van der Waals surface area contributed by atoms with Gasteiger partial charge in [-0.2, -0.15) is 0 Å². The first kappa shape index (κ1) is 14.0. The predicted octanol–water partition coefficient (Wildman–Crippen LogP) is 3.14. The number of nitrogens with zero attached hydrogens (tertiary/aromatic N) is 2. The van der Waals surface area contributed by atoms with Crippen molar-refractivity contribution >= 4 is 6.09 Å². The molecule has 1 aromatic heterocycles. The second-order valence-electron chi connectivity index (χ2n) is 6.31. The minimum Gasteiger partial charge on any atom is -0.444 e. The highest BCUT2D eigenvalue weighted by Gasteiger charge is 2.27. The van der Waals surface area contributed by atoms with E-state index in [-0.39, 0.29) is 6.09 Å².